The van der Waals surface area contributed by atoms with Gasteiger partial charge in [-0.3, -0.25) is 4.79 Å². The molecule has 3 rings (SSSR count). The number of sulfonamides is 1. The Hall–Kier alpha value is -1.64. The van der Waals surface area contributed by atoms with Crippen LogP contribution in [0.2, 0.25) is 0 Å². The van der Waals surface area contributed by atoms with Crippen LogP contribution in [0, 0.1) is 5.92 Å². The Morgan fingerprint density at radius 1 is 1.14 bits per heavy atom. The molecule has 0 aromatic heterocycles. The summed E-state index contributed by atoms with van der Waals surface area (Å²) in [6.07, 6.45) is 6.19. The highest BCUT2D eigenvalue weighted by atomic mass is 32.2. The first kappa shape index (κ1) is 21.1. The van der Waals surface area contributed by atoms with Crippen molar-refractivity contribution in [1.29, 1.82) is 0 Å². The third kappa shape index (κ3) is 4.67. The van der Waals surface area contributed by atoms with Crippen molar-refractivity contribution in [1.82, 2.24) is 9.62 Å². The van der Waals surface area contributed by atoms with Crippen molar-refractivity contribution in [2.45, 2.75) is 68.0 Å². The molecule has 1 atom stereocenters. The second-order valence-corrected chi connectivity index (χ2v) is 9.68. The minimum atomic E-state index is -3.57. The van der Waals surface area contributed by atoms with E-state index in [-0.39, 0.29) is 22.8 Å². The van der Waals surface area contributed by atoms with Crippen molar-refractivity contribution in [3.05, 3.63) is 24.3 Å². The summed E-state index contributed by atoms with van der Waals surface area (Å²) in [6.45, 7) is 0. The number of rotatable bonds is 7. The van der Waals surface area contributed by atoms with Crippen LogP contribution in [0.25, 0.3) is 0 Å². The predicted octanol–water partition coefficient (Wildman–Crippen LogP) is 1.87. The Balaban J connectivity index is 1.52. The normalized spacial score (nSPS) is 24.2. The number of methoxy groups -OCH3 is 1. The lowest BCUT2D eigenvalue weighted by Gasteiger charge is -2.38. The summed E-state index contributed by atoms with van der Waals surface area (Å²) in [5.41, 5.74) is 6.26. The van der Waals surface area contributed by atoms with Crippen LogP contribution in [0.4, 0.5) is 0 Å². The molecule has 0 saturated heterocycles. The van der Waals surface area contributed by atoms with Crippen LogP contribution in [-0.2, 0) is 14.8 Å². The van der Waals surface area contributed by atoms with E-state index >= 15 is 0 Å². The summed E-state index contributed by atoms with van der Waals surface area (Å²) in [6, 6.07) is 6.06. The van der Waals surface area contributed by atoms with Gasteiger partial charge in [-0.25, -0.2) is 13.1 Å². The Bertz CT molecular complexity index is 769. The number of nitrogens with zero attached hydrogens (tertiary/aromatic N) is 1. The minimum Gasteiger partial charge on any atom is -0.497 e. The average Bonchev–Trinajstić information content (AvgIpc) is 2.65. The van der Waals surface area contributed by atoms with Crippen LogP contribution in [0.5, 0.6) is 5.75 Å². The highest BCUT2D eigenvalue weighted by Crippen LogP contribution is 2.30. The molecule has 7 nitrogen and oxygen atoms in total. The van der Waals surface area contributed by atoms with Gasteiger partial charge in [-0.15, -0.1) is 0 Å². The SMILES string of the molecule is COc1ccc(S(=O)(=O)NC2CCC([C@H](N)C(=O)N(C)C3CCC3)CC2)cc1. The summed E-state index contributed by atoms with van der Waals surface area (Å²) in [5.74, 6) is 0.744. The summed E-state index contributed by atoms with van der Waals surface area (Å²) < 4.78 is 33.0. The molecule has 1 aromatic carbocycles. The van der Waals surface area contributed by atoms with Crippen LogP contribution in [0.1, 0.15) is 44.9 Å². The lowest BCUT2D eigenvalue weighted by Crippen LogP contribution is -2.52. The molecule has 0 heterocycles. The van der Waals surface area contributed by atoms with Gasteiger partial charge in [0, 0.05) is 19.1 Å². The van der Waals surface area contributed by atoms with E-state index in [9.17, 15) is 13.2 Å². The molecule has 3 N–H and O–H groups in total. The molecule has 1 amide bonds. The lowest BCUT2D eigenvalue weighted by atomic mass is 9.81. The lowest BCUT2D eigenvalue weighted by molar-refractivity contribution is -0.136. The fourth-order valence-electron chi connectivity index (χ4n) is 4.03. The van der Waals surface area contributed by atoms with Crippen LogP contribution >= 0.6 is 0 Å². The van der Waals surface area contributed by atoms with Gasteiger partial charge in [-0.1, -0.05) is 0 Å². The van der Waals surface area contributed by atoms with Crippen LogP contribution in [0.3, 0.4) is 0 Å². The molecule has 0 aliphatic heterocycles. The van der Waals surface area contributed by atoms with E-state index in [0.717, 1.165) is 25.7 Å². The molecule has 8 heteroatoms. The standard InChI is InChI=1S/C20H31N3O4S/c1-23(16-4-3-5-16)20(24)19(21)14-6-8-15(9-7-14)22-28(25,26)18-12-10-17(27-2)11-13-18/h10-16,19,22H,3-9,21H2,1-2H3/t14?,15?,19-/m0/s1. The molecular formula is C20H31N3O4S. The predicted molar refractivity (Wildman–Crippen MR) is 107 cm³/mol. The zero-order valence-corrected chi connectivity index (χ0v) is 17.5. The second-order valence-electron chi connectivity index (χ2n) is 7.97. The number of nitrogens with two attached hydrogens (primary N) is 1. The molecule has 0 bridgehead atoms. The third-order valence-corrected chi connectivity index (χ3v) is 7.76. The topological polar surface area (TPSA) is 102 Å². The molecule has 0 spiro atoms. The van der Waals surface area contributed by atoms with E-state index in [1.54, 1.807) is 19.2 Å². The molecule has 156 valence electrons. The Labute approximate surface area is 167 Å². The number of amides is 1. The van der Waals surface area contributed by atoms with Gasteiger partial charge in [0.25, 0.3) is 0 Å². The number of carbonyl (C=O) groups is 1. The van der Waals surface area contributed by atoms with Gasteiger partial charge >= 0.3 is 0 Å². The van der Waals surface area contributed by atoms with Crippen molar-refractivity contribution in [2.24, 2.45) is 11.7 Å². The first-order valence-electron chi connectivity index (χ1n) is 10.0. The van der Waals surface area contributed by atoms with Gasteiger partial charge in [0.1, 0.15) is 5.75 Å². The summed E-state index contributed by atoms with van der Waals surface area (Å²) >= 11 is 0. The van der Waals surface area contributed by atoms with Gasteiger partial charge < -0.3 is 15.4 Å². The maximum absolute atomic E-state index is 12.6. The van der Waals surface area contributed by atoms with E-state index in [0.29, 0.717) is 24.6 Å². The van der Waals surface area contributed by atoms with Gasteiger partial charge in [0.2, 0.25) is 15.9 Å². The van der Waals surface area contributed by atoms with Gasteiger partial charge in [-0.2, -0.15) is 0 Å². The summed E-state index contributed by atoms with van der Waals surface area (Å²) in [7, 11) is -0.182. The van der Waals surface area contributed by atoms with Crippen molar-refractivity contribution in [2.75, 3.05) is 14.2 Å². The van der Waals surface area contributed by atoms with Crippen molar-refractivity contribution in [3.8, 4) is 5.75 Å². The van der Waals surface area contributed by atoms with E-state index in [1.807, 2.05) is 11.9 Å². The number of carbonyl (C=O) groups excluding carboxylic acids is 1. The molecular weight excluding hydrogens is 378 g/mol. The number of hydrogen-bond donors (Lipinski definition) is 2. The van der Waals surface area contributed by atoms with Crippen LogP contribution in [0.15, 0.2) is 29.2 Å². The molecule has 28 heavy (non-hydrogen) atoms. The first-order valence-corrected chi connectivity index (χ1v) is 11.5. The third-order valence-electron chi connectivity index (χ3n) is 6.23. The molecule has 1 aromatic rings. The molecule has 2 fully saturated rings. The minimum absolute atomic E-state index is 0.0203. The van der Waals surface area contributed by atoms with Crippen molar-refractivity contribution in [3.63, 3.8) is 0 Å². The Morgan fingerprint density at radius 2 is 1.75 bits per heavy atom. The monoisotopic (exact) mass is 409 g/mol. The molecule has 0 radical (unpaired) electrons. The van der Waals surface area contributed by atoms with Crippen LogP contribution in [-0.4, -0.2) is 51.5 Å². The van der Waals surface area contributed by atoms with Crippen LogP contribution < -0.4 is 15.2 Å². The molecule has 2 saturated carbocycles. The smallest absolute Gasteiger partial charge is 0.240 e. The number of nitrogens with one attached hydrogen (secondary N) is 1. The van der Waals surface area contributed by atoms with E-state index in [1.165, 1.54) is 18.6 Å². The zero-order valence-electron chi connectivity index (χ0n) is 16.6. The summed E-state index contributed by atoms with van der Waals surface area (Å²) in [5, 5.41) is 0. The Kier molecular flexibility index (Phi) is 6.62. The number of hydrogen-bond acceptors (Lipinski definition) is 5. The van der Waals surface area contributed by atoms with Gasteiger partial charge in [0.15, 0.2) is 0 Å². The molecule has 2 aliphatic rings. The maximum atomic E-state index is 12.6. The number of benzene rings is 1. The largest absolute Gasteiger partial charge is 0.497 e. The highest BCUT2D eigenvalue weighted by molar-refractivity contribution is 7.89. The second kappa shape index (κ2) is 8.80. The Morgan fingerprint density at radius 3 is 2.25 bits per heavy atom. The first-order chi connectivity index (χ1) is 13.3. The van der Waals surface area contributed by atoms with E-state index < -0.39 is 16.1 Å². The van der Waals surface area contributed by atoms with E-state index in [2.05, 4.69) is 4.72 Å². The average molecular weight is 410 g/mol. The fraction of sp³-hybridized carbons (Fsp3) is 0.650. The maximum Gasteiger partial charge on any atom is 0.240 e. The van der Waals surface area contributed by atoms with Gasteiger partial charge in [0.05, 0.1) is 18.0 Å². The summed E-state index contributed by atoms with van der Waals surface area (Å²) in [4.78, 5) is 14.6. The van der Waals surface area contributed by atoms with Crippen molar-refractivity contribution >= 4 is 15.9 Å². The number of ether oxygens (including phenoxy) is 1. The van der Waals surface area contributed by atoms with E-state index in [4.69, 9.17) is 10.5 Å². The quantitative estimate of drug-likeness (QED) is 0.716. The van der Waals surface area contributed by atoms with Gasteiger partial charge in [-0.05, 0) is 75.1 Å². The fourth-order valence-corrected chi connectivity index (χ4v) is 5.33. The molecule has 0 unspecified atom stereocenters. The van der Waals surface area contributed by atoms with Crippen molar-refractivity contribution < 1.29 is 17.9 Å². The molecule has 2 aliphatic carbocycles. The highest BCUT2D eigenvalue weighted by Gasteiger charge is 2.35. The zero-order chi connectivity index (χ0) is 20.3. The number of likely N-dealkylation sites (N-methyl/N-ethyl adjacent to an activating group) is 1.